The first-order chi connectivity index (χ1) is 11.4. The molecular weight excluding hydrogens is 345 g/mol. The molecule has 6 nitrogen and oxygen atoms in total. The van der Waals surface area contributed by atoms with Crippen molar-refractivity contribution in [1.29, 1.82) is 0 Å². The van der Waals surface area contributed by atoms with Gasteiger partial charge in [-0.2, -0.15) is 5.10 Å². The van der Waals surface area contributed by atoms with Gasteiger partial charge in [0.15, 0.2) is 23.3 Å². The molecule has 0 atom stereocenters. The number of nitrogens with zero attached hydrogens (tertiary/aromatic N) is 3. The van der Waals surface area contributed by atoms with Gasteiger partial charge in [-0.05, 0) is 30.3 Å². The highest BCUT2D eigenvalue weighted by Crippen LogP contribution is 2.22. The molecule has 3 aromatic rings. The number of benzene rings is 1. The Kier molecular flexibility index (Phi) is 3.97. The second-order valence-electron chi connectivity index (χ2n) is 4.63. The Morgan fingerprint density at radius 1 is 1.04 bits per heavy atom. The molecule has 0 aliphatic carbocycles. The van der Waals surface area contributed by atoms with E-state index in [2.05, 4.69) is 10.1 Å². The van der Waals surface area contributed by atoms with Crippen LogP contribution in [0.4, 0.5) is 18.9 Å². The largest absolute Gasteiger partial charge is 0.278 e. The minimum absolute atomic E-state index is 0.0232. The molecule has 0 amide bonds. The van der Waals surface area contributed by atoms with Crippen LogP contribution in [-0.2, 0) is 10.0 Å². The van der Waals surface area contributed by atoms with Crippen molar-refractivity contribution in [2.45, 2.75) is 4.90 Å². The normalized spacial score (nSPS) is 11.5. The van der Waals surface area contributed by atoms with Crippen LogP contribution in [0.15, 0.2) is 53.8 Å². The van der Waals surface area contributed by atoms with Crippen molar-refractivity contribution < 1.29 is 21.6 Å². The lowest BCUT2D eigenvalue weighted by Gasteiger charge is -2.09. The second-order valence-corrected chi connectivity index (χ2v) is 6.29. The number of aromatic nitrogens is 3. The zero-order chi connectivity index (χ0) is 17.3. The predicted octanol–water partition coefficient (Wildman–Crippen LogP) is 2.49. The Morgan fingerprint density at radius 2 is 1.83 bits per heavy atom. The Bertz CT molecular complexity index is 974. The van der Waals surface area contributed by atoms with Gasteiger partial charge in [0.2, 0.25) is 0 Å². The number of pyridine rings is 1. The van der Waals surface area contributed by atoms with Crippen molar-refractivity contribution in [3.8, 4) is 5.82 Å². The summed E-state index contributed by atoms with van der Waals surface area (Å²) in [6.07, 6.45) is 4.37. The van der Waals surface area contributed by atoms with Crippen LogP contribution in [0.2, 0.25) is 0 Å². The fourth-order valence-corrected chi connectivity index (χ4v) is 3.03. The maximum absolute atomic E-state index is 13.6. The highest BCUT2D eigenvalue weighted by molar-refractivity contribution is 7.92. The molecule has 1 aromatic carbocycles. The molecule has 0 aliphatic rings. The number of sulfonamides is 1. The summed E-state index contributed by atoms with van der Waals surface area (Å²) in [5.41, 5.74) is 0.0232. The van der Waals surface area contributed by atoms with Gasteiger partial charge in [0.25, 0.3) is 10.0 Å². The standard InChI is InChI=1S/C14H9F3N4O2S/c15-10-3-4-11(14(17)13(10)16)24(22,23)20-9-2-5-12(18-8-9)21-7-1-6-19-21/h1-8,20H. The van der Waals surface area contributed by atoms with E-state index >= 15 is 0 Å². The molecule has 10 heteroatoms. The fraction of sp³-hybridized carbons (Fsp3) is 0. The molecule has 0 bridgehead atoms. The van der Waals surface area contributed by atoms with E-state index in [0.29, 0.717) is 18.0 Å². The van der Waals surface area contributed by atoms with Crippen LogP contribution in [0.3, 0.4) is 0 Å². The second kappa shape index (κ2) is 5.96. The average molecular weight is 354 g/mol. The van der Waals surface area contributed by atoms with E-state index in [1.807, 2.05) is 4.72 Å². The van der Waals surface area contributed by atoms with Crippen molar-refractivity contribution in [1.82, 2.24) is 14.8 Å². The highest BCUT2D eigenvalue weighted by atomic mass is 32.2. The van der Waals surface area contributed by atoms with E-state index in [0.717, 1.165) is 0 Å². The minimum Gasteiger partial charge on any atom is -0.278 e. The minimum atomic E-state index is -4.44. The van der Waals surface area contributed by atoms with Crippen LogP contribution in [0.5, 0.6) is 0 Å². The number of halogens is 3. The lowest BCUT2D eigenvalue weighted by molar-refractivity contribution is 0.432. The molecular formula is C14H9F3N4O2S. The van der Waals surface area contributed by atoms with Crippen LogP contribution in [0.1, 0.15) is 0 Å². The SMILES string of the molecule is O=S(=O)(Nc1ccc(-n2cccn2)nc1)c1ccc(F)c(F)c1F. The zero-order valence-electron chi connectivity index (χ0n) is 11.8. The van der Waals surface area contributed by atoms with Crippen LogP contribution in [0, 0.1) is 17.5 Å². The summed E-state index contributed by atoms with van der Waals surface area (Å²) in [6, 6.07) is 5.71. The molecule has 0 saturated carbocycles. The first-order valence-corrected chi connectivity index (χ1v) is 7.99. The Labute approximate surface area is 134 Å². The molecule has 2 heterocycles. The maximum Gasteiger partial charge on any atom is 0.264 e. The average Bonchev–Trinajstić information content (AvgIpc) is 3.07. The number of anilines is 1. The van der Waals surface area contributed by atoms with Gasteiger partial charge in [-0.3, -0.25) is 4.72 Å². The van der Waals surface area contributed by atoms with Gasteiger partial charge in [-0.25, -0.2) is 31.3 Å². The highest BCUT2D eigenvalue weighted by Gasteiger charge is 2.24. The molecule has 0 saturated heterocycles. The molecule has 0 radical (unpaired) electrons. The van der Waals surface area contributed by atoms with E-state index in [1.165, 1.54) is 23.0 Å². The first-order valence-electron chi connectivity index (χ1n) is 6.51. The summed E-state index contributed by atoms with van der Waals surface area (Å²) >= 11 is 0. The summed E-state index contributed by atoms with van der Waals surface area (Å²) < 4.78 is 67.5. The molecule has 0 unspecified atom stereocenters. The fourth-order valence-electron chi connectivity index (χ4n) is 1.91. The molecule has 0 fully saturated rings. The number of hydrogen-bond acceptors (Lipinski definition) is 4. The number of hydrogen-bond donors (Lipinski definition) is 1. The van der Waals surface area contributed by atoms with Gasteiger partial charge >= 0.3 is 0 Å². The van der Waals surface area contributed by atoms with Crippen molar-refractivity contribution in [3.63, 3.8) is 0 Å². The number of rotatable bonds is 4. The topological polar surface area (TPSA) is 76.9 Å². The van der Waals surface area contributed by atoms with Gasteiger partial charge < -0.3 is 0 Å². The molecule has 3 rings (SSSR count). The van der Waals surface area contributed by atoms with Gasteiger partial charge in [0, 0.05) is 12.4 Å². The van der Waals surface area contributed by atoms with Crippen LogP contribution in [0.25, 0.3) is 5.82 Å². The third-order valence-electron chi connectivity index (χ3n) is 3.03. The van der Waals surface area contributed by atoms with E-state index < -0.39 is 32.4 Å². The Hall–Kier alpha value is -2.88. The van der Waals surface area contributed by atoms with Crippen LogP contribution < -0.4 is 4.72 Å². The van der Waals surface area contributed by atoms with E-state index in [9.17, 15) is 21.6 Å². The summed E-state index contributed by atoms with van der Waals surface area (Å²) in [4.78, 5) is 3.00. The number of nitrogens with one attached hydrogen (secondary N) is 1. The van der Waals surface area contributed by atoms with E-state index in [-0.39, 0.29) is 5.69 Å². The van der Waals surface area contributed by atoms with E-state index in [1.54, 1.807) is 18.5 Å². The van der Waals surface area contributed by atoms with Crippen LogP contribution >= 0.6 is 0 Å². The maximum atomic E-state index is 13.6. The van der Waals surface area contributed by atoms with Crippen molar-refractivity contribution in [2.75, 3.05) is 4.72 Å². The molecule has 0 spiro atoms. The van der Waals surface area contributed by atoms with Crippen molar-refractivity contribution in [3.05, 3.63) is 66.4 Å². The smallest absolute Gasteiger partial charge is 0.264 e. The molecule has 0 aliphatic heterocycles. The van der Waals surface area contributed by atoms with Gasteiger partial charge in [0.1, 0.15) is 4.90 Å². The lowest BCUT2D eigenvalue weighted by Crippen LogP contribution is -2.16. The molecule has 2 aromatic heterocycles. The monoisotopic (exact) mass is 354 g/mol. The van der Waals surface area contributed by atoms with E-state index in [4.69, 9.17) is 0 Å². The van der Waals surface area contributed by atoms with Gasteiger partial charge in [-0.15, -0.1) is 0 Å². The summed E-state index contributed by atoms with van der Waals surface area (Å²) in [7, 11) is -4.44. The quantitative estimate of drug-likeness (QED) is 0.731. The van der Waals surface area contributed by atoms with Crippen molar-refractivity contribution >= 4 is 15.7 Å². The van der Waals surface area contributed by atoms with Crippen LogP contribution in [-0.4, -0.2) is 23.2 Å². The Balaban J connectivity index is 1.89. The van der Waals surface area contributed by atoms with Crippen molar-refractivity contribution in [2.24, 2.45) is 0 Å². The summed E-state index contributed by atoms with van der Waals surface area (Å²) in [6.45, 7) is 0. The molecule has 124 valence electrons. The summed E-state index contributed by atoms with van der Waals surface area (Å²) in [5.74, 6) is -4.69. The lowest BCUT2D eigenvalue weighted by atomic mass is 10.3. The first kappa shape index (κ1) is 16.0. The van der Waals surface area contributed by atoms with Gasteiger partial charge in [0.05, 0.1) is 11.9 Å². The predicted molar refractivity (Wildman–Crippen MR) is 78.5 cm³/mol. The summed E-state index contributed by atoms with van der Waals surface area (Å²) in [5, 5.41) is 3.96. The third-order valence-corrected chi connectivity index (χ3v) is 4.43. The third kappa shape index (κ3) is 2.95. The molecule has 24 heavy (non-hydrogen) atoms. The molecule has 1 N–H and O–H groups in total. The Morgan fingerprint density at radius 3 is 2.46 bits per heavy atom. The van der Waals surface area contributed by atoms with Gasteiger partial charge in [-0.1, -0.05) is 0 Å². The zero-order valence-corrected chi connectivity index (χ0v) is 12.6.